The van der Waals surface area contributed by atoms with Gasteiger partial charge in [-0.15, -0.1) is 0 Å². The second-order valence-corrected chi connectivity index (χ2v) is 11.8. The van der Waals surface area contributed by atoms with E-state index >= 15 is 0 Å². The van der Waals surface area contributed by atoms with Gasteiger partial charge in [-0.05, 0) is 75.8 Å². The van der Waals surface area contributed by atoms with Crippen molar-refractivity contribution in [2.75, 3.05) is 0 Å². The molecule has 1 aromatic heterocycles. The minimum atomic E-state index is -0.0618. The van der Waals surface area contributed by atoms with Crippen LogP contribution in [-0.2, 0) is 5.41 Å². The molecule has 0 fully saturated rings. The maximum absolute atomic E-state index is 6.55. The van der Waals surface area contributed by atoms with Crippen LogP contribution in [0.15, 0.2) is 127 Å². The van der Waals surface area contributed by atoms with Crippen molar-refractivity contribution in [2.24, 2.45) is 0 Å². The van der Waals surface area contributed by atoms with Gasteiger partial charge in [-0.2, -0.15) is 0 Å². The molecule has 2 heterocycles. The van der Waals surface area contributed by atoms with Gasteiger partial charge >= 0.3 is 0 Å². The first kappa shape index (κ1) is 22.7. The van der Waals surface area contributed by atoms with E-state index in [0.29, 0.717) is 0 Å². The largest absolute Gasteiger partial charge is 0.456 e. The van der Waals surface area contributed by atoms with Crippen LogP contribution in [0.4, 0.5) is 0 Å². The number of para-hydroxylation sites is 2. The summed E-state index contributed by atoms with van der Waals surface area (Å²) in [5.74, 6) is 1.77. The van der Waals surface area contributed by atoms with E-state index in [1.807, 2.05) is 6.07 Å². The Morgan fingerprint density at radius 2 is 1.12 bits per heavy atom. The lowest BCUT2D eigenvalue weighted by molar-refractivity contribution is 0.487. The fraction of sp³-hybridized carbons (Fsp3) is 0.0769. The molecule has 2 aliphatic rings. The van der Waals surface area contributed by atoms with Crippen molar-refractivity contribution in [3.8, 4) is 50.6 Å². The first-order valence-corrected chi connectivity index (χ1v) is 14.3. The Labute approximate surface area is 239 Å². The van der Waals surface area contributed by atoms with E-state index in [-0.39, 0.29) is 5.41 Å². The van der Waals surface area contributed by atoms with Crippen molar-refractivity contribution in [1.29, 1.82) is 0 Å². The Balaban J connectivity index is 1.34. The third-order valence-electron chi connectivity index (χ3n) is 9.21. The summed E-state index contributed by atoms with van der Waals surface area (Å²) in [6.07, 6.45) is 0. The van der Waals surface area contributed by atoms with Crippen molar-refractivity contribution in [3.63, 3.8) is 0 Å². The predicted molar refractivity (Wildman–Crippen MR) is 169 cm³/mol. The Morgan fingerprint density at radius 3 is 1.98 bits per heavy atom. The number of ether oxygens (including phenoxy) is 1. The zero-order valence-corrected chi connectivity index (χ0v) is 23.0. The molecule has 7 aromatic rings. The lowest BCUT2D eigenvalue weighted by Gasteiger charge is -2.21. The molecular formula is C39H27NO. The van der Waals surface area contributed by atoms with Crippen molar-refractivity contribution in [1.82, 2.24) is 4.57 Å². The molecule has 0 spiro atoms. The molecule has 0 amide bonds. The molecule has 9 rings (SSSR count). The Kier molecular flexibility index (Phi) is 4.42. The summed E-state index contributed by atoms with van der Waals surface area (Å²) >= 11 is 0. The molecule has 2 heteroatoms. The topological polar surface area (TPSA) is 14.2 Å². The van der Waals surface area contributed by atoms with Crippen LogP contribution in [0.5, 0.6) is 11.5 Å². The predicted octanol–water partition coefficient (Wildman–Crippen LogP) is 10.5. The highest BCUT2D eigenvalue weighted by molar-refractivity contribution is 6.11. The molecule has 0 N–H and O–H groups in total. The molecule has 0 atom stereocenters. The molecule has 6 aromatic carbocycles. The van der Waals surface area contributed by atoms with Gasteiger partial charge in [-0.1, -0.05) is 98.8 Å². The SMILES string of the molecule is CC1(C)c2ccccc2-c2cc3c4ccccc4n(-c4ccc5c(c4)-c4ccccc4-c4ccccc4O5)c3cc21. The highest BCUT2D eigenvalue weighted by Crippen LogP contribution is 2.52. The lowest BCUT2D eigenvalue weighted by Crippen LogP contribution is -2.14. The van der Waals surface area contributed by atoms with Gasteiger partial charge in [0.1, 0.15) is 11.5 Å². The maximum atomic E-state index is 6.55. The Morgan fingerprint density at radius 1 is 0.463 bits per heavy atom. The van der Waals surface area contributed by atoms with Crippen molar-refractivity contribution >= 4 is 21.8 Å². The number of hydrogen-bond donors (Lipinski definition) is 0. The number of rotatable bonds is 1. The molecule has 194 valence electrons. The quantitative estimate of drug-likeness (QED) is 0.208. The van der Waals surface area contributed by atoms with Gasteiger partial charge in [-0.25, -0.2) is 0 Å². The monoisotopic (exact) mass is 525 g/mol. The Bertz CT molecular complexity index is 2210. The molecular weight excluding hydrogens is 498 g/mol. The Hall–Kier alpha value is -5.08. The van der Waals surface area contributed by atoms with E-state index in [4.69, 9.17) is 4.74 Å². The summed E-state index contributed by atoms with van der Waals surface area (Å²) in [5.41, 5.74) is 13.6. The second kappa shape index (κ2) is 7.99. The first-order chi connectivity index (χ1) is 20.1. The molecule has 0 bridgehead atoms. The van der Waals surface area contributed by atoms with E-state index in [1.54, 1.807) is 0 Å². The van der Waals surface area contributed by atoms with E-state index in [1.165, 1.54) is 55.2 Å². The molecule has 0 radical (unpaired) electrons. The highest BCUT2D eigenvalue weighted by Gasteiger charge is 2.36. The molecule has 2 nitrogen and oxygen atoms in total. The summed E-state index contributed by atoms with van der Waals surface area (Å²) in [4.78, 5) is 0. The van der Waals surface area contributed by atoms with Crippen LogP contribution >= 0.6 is 0 Å². The van der Waals surface area contributed by atoms with Gasteiger partial charge in [0.2, 0.25) is 0 Å². The zero-order chi connectivity index (χ0) is 27.3. The fourth-order valence-electron chi connectivity index (χ4n) is 7.25. The fourth-order valence-corrected chi connectivity index (χ4v) is 7.25. The number of benzene rings is 6. The van der Waals surface area contributed by atoms with Crippen LogP contribution in [0.25, 0.3) is 60.9 Å². The van der Waals surface area contributed by atoms with Crippen molar-refractivity contribution in [3.05, 3.63) is 139 Å². The van der Waals surface area contributed by atoms with Gasteiger partial charge in [-0.3, -0.25) is 0 Å². The average Bonchev–Trinajstić information content (AvgIpc) is 3.39. The van der Waals surface area contributed by atoms with E-state index in [0.717, 1.165) is 28.3 Å². The average molecular weight is 526 g/mol. The molecule has 0 unspecified atom stereocenters. The number of hydrogen-bond acceptors (Lipinski definition) is 1. The van der Waals surface area contributed by atoms with E-state index < -0.39 is 0 Å². The van der Waals surface area contributed by atoms with Gasteiger partial charge in [0, 0.05) is 33.0 Å². The second-order valence-electron chi connectivity index (χ2n) is 11.8. The summed E-state index contributed by atoms with van der Waals surface area (Å²) in [6.45, 7) is 4.70. The first-order valence-electron chi connectivity index (χ1n) is 14.3. The van der Waals surface area contributed by atoms with Crippen molar-refractivity contribution < 1.29 is 4.74 Å². The zero-order valence-electron chi connectivity index (χ0n) is 23.0. The van der Waals surface area contributed by atoms with E-state index in [2.05, 4.69) is 140 Å². The summed E-state index contributed by atoms with van der Waals surface area (Å²) in [5, 5.41) is 2.55. The third kappa shape index (κ3) is 3.02. The van der Waals surface area contributed by atoms with Crippen LogP contribution in [0.1, 0.15) is 25.0 Å². The molecule has 1 aliphatic carbocycles. The molecule has 0 saturated carbocycles. The number of aromatic nitrogens is 1. The van der Waals surface area contributed by atoms with Crippen LogP contribution in [0, 0.1) is 0 Å². The van der Waals surface area contributed by atoms with Crippen LogP contribution in [0.3, 0.4) is 0 Å². The summed E-state index contributed by atoms with van der Waals surface area (Å²) in [6, 6.07) is 46.1. The highest BCUT2D eigenvalue weighted by atomic mass is 16.5. The molecule has 1 aliphatic heterocycles. The van der Waals surface area contributed by atoms with Crippen LogP contribution in [0.2, 0.25) is 0 Å². The summed E-state index contributed by atoms with van der Waals surface area (Å²) in [7, 11) is 0. The standard InChI is InChI=1S/C39H27NO/c1-39(2)33-16-8-5-13-27(33)30-22-31-28-14-6-9-17-35(28)40(36(31)23-34(30)39)24-19-20-38-32(21-24)26-12-4-3-11-25(26)29-15-7-10-18-37(29)41-38/h3-23H,1-2H3. The normalized spacial score (nSPS) is 14.0. The van der Waals surface area contributed by atoms with Gasteiger partial charge < -0.3 is 9.30 Å². The van der Waals surface area contributed by atoms with Crippen molar-refractivity contribution in [2.45, 2.75) is 19.3 Å². The number of nitrogens with zero attached hydrogens (tertiary/aromatic N) is 1. The maximum Gasteiger partial charge on any atom is 0.135 e. The van der Waals surface area contributed by atoms with Crippen LogP contribution < -0.4 is 4.74 Å². The van der Waals surface area contributed by atoms with Gasteiger partial charge in [0.15, 0.2) is 0 Å². The van der Waals surface area contributed by atoms with Gasteiger partial charge in [0.05, 0.1) is 11.0 Å². The molecule has 41 heavy (non-hydrogen) atoms. The van der Waals surface area contributed by atoms with E-state index in [9.17, 15) is 0 Å². The lowest BCUT2D eigenvalue weighted by atomic mass is 9.82. The van der Waals surface area contributed by atoms with Crippen LogP contribution in [-0.4, -0.2) is 4.57 Å². The smallest absolute Gasteiger partial charge is 0.135 e. The third-order valence-corrected chi connectivity index (χ3v) is 9.21. The summed E-state index contributed by atoms with van der Waals surface area (Å²) < 4.78 is 8.98. The minimum absolute atomic E-state index is 0.0618. The van der Waals surface area contributed by atoms with Gasteiger partial charge in [0.25, 0.3) is 0 Å². The molecule has 0 saturated heterocycles. The minimum Gasteiger partial charge on any atom is -0.456 e. The number of fused-ring (bicyclic) bond motifs is 11.